The molecule has 1 heterocycles. The van der Waals surface area contributed by atoms with Gasteiger partial charge in [0.2, 0.25) is 0 Å². The van der Waals surface area contributed by atoms with Gasteiger partial charge in [0, 0.05) is 26.2 Å². The van der Waals surface area contributed by atoms with Crippen molar-refractivity contribution < 1.29 is 9.13 Å². The van der Waals surface area contributed by atoms with Gasteiger partial charge in [0.25, 0.3) is 0 Å². The van der Waals surface area contributed by atoms with Crippen molar-refractivity contribution in [3.05, 3.63) is 29.8 Å². The molecule has 1 saturated heterocycles. The van der Waals surface area contributed by atoms with Crippen LogP contribution in [0.25, 0.3) is 0 Å². The number of rotatable bonds is 5. The van der Waals surface area contributed by atoms with Crippen LogP contribution in [0.4, 0.5) is 4.39 Å². The number of nitrogens with zero attached hydrogens (tertiary/aromatic N) is 1. The van der Waals surface area contributed by atoms with Gasteiger partial charge in [-0.1, -0.05) is 12.1 Å². The summed E-state index contributed by atoms with van der Waals surface area (Å²) in [4.78, 5) is 2.20. The molecule has 1 N–H and O–H groups in total. The molecule has 0 aromatic heterocycles. The Morgan fingerprint density at radius 3 is 2.30 bits per heavy atom. The fourth-order valence-corrected chi connectivity index (χ4v) is 2.43. The Morgan fingerprint density at radius 1 is 1.20 bits per heavy atom. The Kier molecular flexibility index (Phi) is 7.27. The van der Waals surface area contributed by atoms with Crippen LogP contribution in [0.3, 0.4) is 0 Å². The molecule has 2 rings (SSSR count). The highest BCUT2D eigenvalue weighted by molar-refractivity contribution is 5.85. The first-order valence-corrected chi connectivity index (χ1v) is 6.98. The SMILES string of the molecule is CC(C)Oc1ccc([C@H](CF)N2CCNCC2)cc1.Cl. The maximum atomic E-state index is 13.3. The van der Waals surface area contributed by atoms with E-state index in [0.717, 1.165) is 37.5 Å². The number of piperazine rings is 1. The van der Waals surface area contributed by atoms with Crippen molar-refractivity contribution >= 4 is 12.4 Å². The predicted octanol–water partition coefficient (Wildman–Crippen LogP) is 2.81. The topological polar surface area (TPSA) is 24.5 Å². The zero-order chi connectivity index (χ0) is 13.7. The number of ether oxygens (including phenoxy) is 1. The lowest BCUT2D eigenvalue weighted by molar-refractivity contribution is 0.147. The van der Waals surface area contributed by atoms with Gasteiger partial charge in [-0.2, -0.15) is 0 Å². The third-order valence-electron chi connectivity index (χ3n) is 3.38. The average Bonchev–Trinajstić information content (AvgIpc) is 2.42. The molecule has 1 aliphatic heterocycles. The van der Waals surface area contributed by atoms with Crippen LogP contribution in [-0.2, 0) is 0 Å². The maximum Gasteiger partial charge on any atom is 0.119 e. The van der Waals surface area contributed by atoms with Gasteiger partial charge in [-0.3, -0.25) is 4.90 Å². The van der Waals surface area contributed by atoms with Gasteiger partial charge in [0.05, 0.1) is 12.1 Å². The van der Waals surface area contributed by atoms with E-state index < -0.39 is 0 Å². The summed E-state index contributed by atoms with van der Waals surface area (Å²) in [5.41, 5.74) is 1.03. The van der Waals surface area contributed by atoms with Crippen LogP contribution in [0.2, 0.25) is 0 Å². The van der Waals surface area contributed by atoms with Gasteiger partial charge in [-0.05, 0) is 31.5 Å². The standard InChI is InChI=1S/C15H23FN2O.ClH/c1-12(2)19-14-5-3-13(4-6-14)15(11-16)18-9-7-17-8-10-18;/h3-6,12,15,17H,7-11H2,1-2H3;1H/t15-;/m0./s1. The van der Waals surface area contributed by atoms with Crippen molar-refractivity contribution in [2.75, 3.05) is 32.9 Å². The quantitative estimate of drug-likeness (QED) is 0.905. The Labute approximate surface area is 126 Å². The Morgan fingerprint density at radius 2 is 1.80 bits per heavy atom. The highest BCUT2D eigenvalue weighted by Crippen LogP contribution is 2.24. The third kappa shape index (κ3) is 4.62. The first-order valence-electron chi connectivity index (χ1n) is 6.98. The Hall–Kier alpha value is -0.840. The maximum absolute atomic E-state index is 13.3. The summed E-state index contributed by atoms with van der Waals surface area (Å²) >= 11 is 0. The highest BCUT2D eigenvalue weighted by Gasteiger charge is 2.21. The molecule has 1 aromatic rings. The summed E-state index contributed by atoms with van der Waals surface area (Å²) < 4.78 is 19.0. The average molecular weight is 303 g/mol. The summed E-state index contributed by atoms with van der Waals surface area (Å²) in [6.07, 6.45) is 0.163. The van der Waals surface area contributed by atoms with Gasteiger partial charge < -0.3 is 10.1 Å². The summed E-state index contributed by atoms with van der Waals surface area (Å²) in [6.45, 7) is 7.33. The van der Waals surface area contributed by atoms with E-state index in [1.54, 1.807) is 0 Å². The van der Waals surface area contributed by atoms with Crippen LogP contribution in [0.5, 0.6) is 5.75 Å². The second kappa shape index (κ2) is 8.45. The van der Waals surface area contributed by atoms with Crippen LogP contribution < -0.4 is 10.1 Å². The molecule has 1 fully saturated rings. The molecule has 0 saturated carbocycles. The van der Waals surface area contributed by atoms with Gasteiger partial charge in [-0.25, -0.2) is 4.39 Å². The lowest BCUT2D eigenvalue weighted by Crippen LogP contribution is -2.45. The number of alkyl halides is 1. The van der Waals surface area contributed by atoms with E-state index >= 15 is 0 Å². The normalized spacial score (nSPS) is 17.6. The third-order valence-corrected chi connectivity index (χ3v) is 3.38. The minimum atomic E-state index is -0.343. The summed E-state index contributed by atoms with van der Waals surface area (Å²) in [7, 11) is 0. The first kappa shape index (κ1) is 17.2. The highest BCUT2D eigenvalue weighted by atomic mass is 35.5. The predicted molar refractivity (Wildman–Crippen MR) is 82.6 cm³/mol. The van der Waals surface area contributed by atoms with Crippen molar-refractivity contribution in [3.8, 4) is 5.75 Å². The lowest BCUT2D eigenvalue weighted by Gasteiger charge is -2.33. The minimum Gasteiger partial charge on any atom is -0.491 e. The van der Waals surface area contributed by atoms with Crippen molar-refractivity contribution in [2.45, 2.75) is 26.0 Å². The van der Waals surface area contributed by atoms with Crippen LogP contribution in [0.15, 0.2) is 24.3 Å². The fourth-order valence-electron chi connectivity index (χ4n) is 2.43. The zero-order valence-electron chi connectivity index (χ0n) is 12.1. The molecule has 1 atom stereocenters. The second-order valence-corrected chi connectivity index (χ2v) is 5.19. The largest absolute Gasteiger partial charge is 0.491 e. The molecule has 0 amide bonds. The first-order chi connectivity index (χ1) is 9.20. The van der Waals surface area contributed by atoms with E-state index in [-0.39, 0.29) is 31.2 Å². The van der Waals surface area contributed by atoms with Gasteiger partial charge in [-0.15, -0.1) is 12.4 Å². The van der Waals surface area contributed by atoms with E-state index in [1.165, 1.54) is 0 Å². The summed E-state index contributed by atoms with van der Waals surface area (Å²) in [5, 5.41) is 3.29. The van der Waals surface area contributed by atoms with Gasteiger partial charge in [0.15, 0.2) is 0 Å². The fraction of sp³-hybridized carbons (Fsp3) is 0.600. The second-order valence-electron chi connectivity index (χ2n) is 5.19. The van der Waals surface area contributed by atoms with E-state index in [1.807, 2.05) is 38.1 Å². The molecular weight excluding hydrogens is 279 g/mol. The molecule has 20 heavy (non-hydrogen) atoms. The van der Waals surface area contributed by atoms with Gasteiger partial charge >= 0.3 is 0 Å². The van der Waals surface area contributed by atoms with Crippen LogP contribution in [-0.4, -0.2) is 43.9 Å². The van der Waals surface area contributed by atoms with E-state index in [2.05, 4.69) is 10.2 Å². The van der Waals surface area contributed by atoms with E-state index in [4.69, 9.17) is 4.74 Å². The molecule has 5 heteroatoms. The number of nitrogens with one attached hydrogen (secondary N) is 1. The van der Waals surface area contributed by atoms with Crippen molar-refractivity contribution in [1.29, 1.82) is 0 Å². The van der Waals surface area contributed by atoms with E-state index in [9.17, 15) is 4.39 Å². The number of hydrogen-bond donors (Lipinski definition) is 1. The number of hydrogen-bond acceptors (Lipinski definition) is 3. The molecule has 1 aliphatic rings. The molecule has 1 aromatic carbocycles. The molecule has 0 radical (unpaired) electrons. The summed E-state index contributed by atoms with van der Waals surface area (Å²) in [6, 6.07) is 7.68. The lowest BCUT2D eigenvalue weighted by atomic mass is 10.1. The summed E-state index contributed by atoms with van der Waals surface area (Å²) in [5.74, 6) is 0.844. The zero-order valence-corrected chi connectivity index (χ0v) is 13.0. The Balaban J connectivity index is 0.00000200. The van der Waals surface area contributed by atoms with Crippen LogP contribution >= 0.6 is 12.4 Å². The molecule has 0 aliphatic carbocycles. The van der Waals surface area contributed by atoms with Crippen LogP contribution in [0, 0.1) is 0 Å². The molecule has 3 nitrogen and oxygen atoms in total. The monoisotopic (exact) mass is 302 g/mol. The minimum absolute atomic E-state index is 0. The molecule has 0 unspecified atom stereocenters. The van der Waals surface area contributed by atoms with Crippen LogP contribution in [0.1, 0.15) is 25.5 Å². The van der Waals surface area contributed by atoms with Crippen molar-refractivity contribution in [1.82, 2.24) is 10.2 Å². The Bertz CT molecular complexity index is 380. The molecule has 0 bridgehead atoms. The van der Waals surface area contributed by atoms with Gasteiger partial charge in [0.1, 0.15) is 12.4 Å². The van der Waals surface area contributed by atoms with E-state index in [0.29, 0.717) is 0 Å². The molecular formula is C15H24ClFN2O. The van der Waals surface area contributed by atoms with Crippen molar-refractivity contribution in [2.24, 2.45) is 0 Å². The number of halogens is 2. The molecule has 0 spiro atoms. The number of benzene rings is 1. The van der Waals surface area contributed by atoms with Crippen molar-refractivity contribution in [3.63, 3.8) is 0 Å². The smallest absolute Gasteiger partial charge is 0.119 e. The molecule has 114 valence electrons.